The van der Waals surface area contributed by atoms with Crippen LogP contribution in [0.5, 0.6) is 5.75 Å². The molecule has 0 bridgehead atoms. The summed E-state index contributed by atoms with van der Waals surface area (Å²) in [5, 5.41) is 3.80. The van der Waals surface area contributed by atoms with E-state index in [2.05, 4.69) is 19.2 Å². The van der Waals surface area contributed by atoms with Crippen molar-refractivity contribution in [3.63, 3.8) is 0 Å². The molecule has 0 aliphatic rings. The van der Waals surface area contributed by atoms with Crippen LogP contribution in [0.25, 0.3) is 11.0 Å². The molecule has 1 N–H and O–H groups in total. The van der Waals surface area contributed by atoms with Crippen molar-refractivity contribution in [3.05, 3.63) is 59.4 Å². The molecule has 25 heavy (non-hydrogen) atoms. The lowest BCUT2D eigenvalue weighted by Gasteiger charge is -2.07. The molecule has 1 amide bonds. The van der Waals surface area contributed by atoms with Gasteiger partial charge in [-0.2, -0.15) is 0 Å². The Kier molecular flexibility index (Phi) is 4.79. The Bertz CT molecular complexity index is 891. The van der Waals surface area contributed by atoms with Gasteiger partial charge < -0.3 is 14.5 Å². The van der Waals surface area contributed by atoms with Gasteiger partial charge in [0.15, 0.2) is 5.76 Å². The summed E-state index contributed by atoms with van der Waals surface area (Å²) in [6.07, 6.45) is 0. The van der Waals surface area contributed by atoms with Gasteiger partial charge in [-0.15, -0.1) is 0 Å². The van der Waals surface area contributed by atoms with Gasteiger partial charge >= 0.3 is 0 Å². The lowest BCUT2D eigenvalue weighted by Crippen LogP contribution is -2.12. The average molecular weight is 337 g/mol. The fourth-order valence-electron chi connectivity index (χ4n) is 2.81. The highest BCUT2D eigenvalue weighted by molar-refractivity contribution is 6.06. The first-order chi connectivity index (χ1) is 12.0. The summed E-state index contributed by atoms with van der Waals surface area (Å²) in [5.74, 6) is 1.32. The van der Waals surface area contributed by atoms with Crippen LogP contribution in [-0.4, -0.2) is 12.5 Å². The third kappa shape index (κ3) is 3.53. The van der Waals surface area contributed by atoms with Gasteiger partial charge in [-0.1, -0.05) is 26.0 Å². The zero-order valence-corrected chi connectivity index (χ0v) is 15.1. The van der Waals surface area contributed by atoms with Crippen LogP contribution in [0.1, 0.15) is 48.4 Å². The van der Waals surface area contributed by atoms with Gasteiger partial charge in [-0.25, -0.2) is 0 Å². The average Bonchev–Trinajstić information content (AvgIpc) is 2.92. The largest absolute Gasteiger partial charge is 0.494 e. The van der Waals surface area contributed by atoms with Crippen LogP contribution >= 0.6 is 0 Å². The highest BCUT2D eigenvalue weighted by atomic mass is 16.5. The van der Waals surface area contributed by atoms with Crippen molar-refractivity contribution in [2.45, 2.75) is 33.6 Å². The van der Waals surface area contributed by atoms with Crippen LogP contribution in [0.15, 0.2) is 46.9 Å². The number of carbonyl (C=O) groups excluding carboxylic acids is 1. The van der Waals surface area contributed by atoms with Gasteiger partial charge in [-0.3, -0.25) is 4.79 Å². The molecule has 0 aliphatic heterocycles. The summed E-state index contributed by atoms with van der Waals surface area (Å²) >= 11 is 0. The summed E-state index contributed by atoms with van der Waals surface area (Å²) < 4.78 is 11.3. The number of nitrogens with one attached hydrogen (secondary N) is 1. The van der Waals surface area contributed by atoms with Gasteiger partial charge in [0.1, 0.15) is 11.3 Å². The maximum absolute atomic E-state index is 12.6. The molecule has 4 nitrogen and oxygen atoms in total. The van der Waals surface area contributed by atoms with E-state index in [0.29, 0.717) is 23.9 Å². The molecule has 0 aliphatic carbocycles. The van der Waals surface area contributed by atoms with Crippen LogP contribution in [0, 0.1) is 6.92 Å². The molecule has 130 valence electrons. The van der Waals surface area contributed by atoms with E-state index in [9.17, 15) is 4.79 Å². The zero-order valence-electron chi connectivity index (χ0n) is 15.1. The van der Waals surface area contributed by atoms with Crippen LogP contribution in [0.2, 0.25) is 0 Å². The fraction of sp³-hybridized carbons (Fsp3) is 0.286. The molecule has 0 atom stereocenters. The van der Waals surface area contributed by atoms with Gasteiger partial charge in [0.05, 0.1) is 6.61 Å². The van der Waals surface area contributed by atoms with Crippen molar-refractivity contribution >= 4 is 22.6 Å². The molecule has 2 aromatic carbocycles. The van der Waals surface area contributed by atoms with E-state index < -0.39 is 0 Å². The molecule has 0 radical (unpaired) electrons. The predicted molar refractivity (Wildman–Crippen MR) is 101 cm³/mol. The number of benzene rings is 2. The van der Waals surface area contributed by atoms with Crippen molar-refractivity contribution in [2.24, 2.45) is 0 Å². The van der Waals surface area contributed by atoms with Crippen molar-refractivity contribution < 1.29 is 13.9 Å². The quantitative estimate of drug-likeness (QED) is 0.667. The Hall–Kier alpha value is -2.75. The maximum atomic E-state index is 12.6. The second-order valence-electron chi connectivity index (χ2n) is 6.38. The van der Waals surface area contributed by atoms with Crippen LogP contribution < -0.4 is 10.1 Å². The number of hydrogen-bond acceptors (Lipinski definition) is 3. The van der Waals surface area contributed by atoms with Crippen molar-refractivity contribution in [1.29, 1.82) is 0 Å². The molecule has 3 aromatic rings. The number of aryl methyl sites for hydroxylation is 1. The Morgan fingerprint density at radius 1 is 1.16 bits per heavy atom. The third-order valence-electron chi connectivity index (χ3n) is 4.26. The Morgan fingerprint density at radius 3 is 2.52 bits per heavy atom. The first-order valence-corrected chi connectivity index (χ1v) is 8.57. The SMILES string of the molecule is CCOc1ccc2oc(C(=O)Nc3ccc(C(C)C)cc3)c(C)c2c1. The van der Waals surface area contributed by atoms with Gasteiger partial charge in [0.25, 0.3) is 5.91 Å². The minimum absolute atomic E-state index is 0.246. The lowest BCUT2D eigenvalue weighted by molar-refractivity contribution is 0.0998. The summed E-state index contributed by atoms with van der Waals surface area (Å²) in [6, 6.07) is 13.5. The van der Waals surface area contributed by atoms with E-state index in [1.807, 2.05) is 56.3 Å². The van der Waals surface area contributed by atoms with Gasteiger partial charge in [-0.05, 0) is 55.7 Å². The molecule has 3 rings (SSSR count). The number of furan rings is 1. The summed E-state index contributed by atoms with van der Waals surface area (Å²) in [5.41, 5.74) is 3.49. The predicted octanol–water partition coefficient (Wildman–Crippen LogP) is 5.52. The van der Waals surface area contributed by atoms with E-state index in [1.165, 1.54) is 5.56 Å². The van der Waals surface area contributed by atoms with Crippen LogP contribution in [0.4, 0.5) is 5.69 Å². The molecule has 0 unspecified atom stereocenters. The normalized spacial score (nSPS) is 11.1. The molecular formula is C21H23NO3. The second kappa shape index (κ2) is 7.01. The number of amides is 1. The molecule has 1 heterocycles. The van der Waals surface area contributed by atoms with E-state index >= 15 is 0 Å². The monoisotopic (exact) mass is 337 g/mol. The molecule has 4 heteroatoms. The number of ether oxygens (including phenoxy) is 1. The second-order valence-corrected chi connectivity index (χ2v) is 6.38. The molecule has 0 fully saturated rings. The zero-order chi connectivity index (χ0) is 18.0. The first-order valence-electron chi connectivity index (χ1n) is 8.57. The summed E-state index contributed by atoms with van der Waals surface area (Å²) in [6.45, 7) is 8.71. The number of rotatable bonds is 5. The Morgan fingerprint density at radius 2 is 1.88 bits per heavy atom. The molecular weight excluding hydrogens is 314 g/mol. The summed E-state index contributed by atoms with van der Waals surface area (Å²) in [7, 11) is 0. The van der Waals surface area contributed by atoms with Crippen molar-refractivity contribution in [3.8, 4) is 5.75 Å². The van der Waals surface area contributed by atoms with Crippen LogP contribution in [-0.2, 0) is 0 Å². The number of fused-ring (bicyclic) bond motifs is 1. The summed E-state index contributed by atoms with van der Waals surface area (Å²) in [4.78, 5) is 12.6. The van der Waals surface area contributed by atoms with Crippen LogP contribution in [0.3, 0.4) is 0 Å². The highest BCUT2D eigenvalue weighted by Crippen LogP contribution is 2.29. The highest BCUT2D eigenvalue weighted by Gasteiger charge is 2.18. The van der Waals surface area contributed by atoms with Gasteiger partial charge in [0, 0.05) is 16.6 Å². The number of hydrogen-bond donors (Lipinski definition) is 1. The molecule has 0 saturated heterocycles. The van der Waals surface area contributed by atoms with E-state index in [-0.39, 0.29) is 5.91 Å². The van der Waals surface area contributed by atoms with Gasteiger partial charge in [0.2, 0.25) is 0 Å². The van der Waals surface area contributed by atoms with E-state index in [4.69, 9.17) is 9.15 Å². The van der Waals surface area contributed by atoms with E-state index in [1.54, 1.807) is 0 Å². The fourth-order valence-corrected chi connectivity index (χ4v) is 2.81. The Balaban J connectivity index is 1.85. The first kappa shape index (κ1) is 17.1. The van der Waals surface area contributed by atoms with E-state index in [0.717, 1.165) is 22.4 Å². The number of anilines is 1. The van der Waals surface area contributed by atoms with Crippen molar-refractivity contribution in [2.75, 3.05) is 11.9 Å². The topological polar surface area (TPSA) is 51.5 Å². The molecule has 0 spiro atoms. The third-order valence-corrected chi connectivity index (χ3v) is 4.26. The molecule has 0 saturated carbocycles. The molecule has 1 aromatic heterocycles. The smallest absolute Gasteiger partial charge is 0.291 e. The lowest BCUT2D eigenvalue weighted by atomic mass is 10.0. The number of carbonyl (C=O) groups is 1. The maximum Gasteiger partial charge on any atom is 0.291 e. The minimum atomic E-state index is -0.246. The standard InChI is InChI=1S/C21H23NO3/c1-5-24-17-10-11-19-18(12-17)14(4)20(25-19)21(23)22-16-8-6-15(7-9-16)13(2)3/h6-13H,5H2,1-4H3,(H,22,23). The minimum Gasteiger partial charge on any atom is -0.494 e. The Labute approximate surface area is 147 Å². The van der Waals surface area contributed by atoms with Crippen molar-refractivity contribution in [1.82, 2.24) is 0 Å².